The van der Waals surface area contributed by atoms with Gasteiger partial charge in [-0.15, -0.1) is 0 Å². The Bertz CT molecular complexity index is 462. The van der Waals surface area contributed by atoms with E-state index in [1.54, 1.807) is 6.07 Å². The van der Waals surface area contributed by atoms with Gasteiger partial charge in [0.15, 0.2) is 5.82 Å². The molecular weight excluding hydrogens is 362 g/mol. The van der Waals surface area contributed by atoms with Crippen LogP contribution < -0.4 is 10.9 Å². The van der Waals surface area contributed by atoms with E-state index in [0.29, 0.717) is 8.58 Å². The average Bonchev–Trinajstić information content (AvgIpc) is 2.25. The van der Waals surface area contributed by atoms with Gasteiger partial charge in [-0.3, -0.25) is 4.79 Å². The van der Waals surface area contributed by atoms with Crippen molar-refractivity contribution < 1.29 is 18.0 Å². The Hall–Kier alpha value is -0.900. The van der Waals surface area contributed by atoms with E-state index < -0.39 is 17.5 Å². The van der Waals surface area contributed by atoms with Gasteiger partial charge in [0, 0.05) is 9.77 Å². The van der Waals surface area contributed by atoms with Crippen LogP contribution >= 0.6 is 22.6 Å². The predicted octanol–water partition coefficient (Wildman–Crippen LogP) is 2.48. The van der Waals surface area contributed by atoms with Crippen LogP contribution in [0, 0.1) is 8.99 Å². The maximum absolute atomic E-state index is 12.7. The predicted molar refractivity (Wildman–Crippen MR) is 68.5 cm³/mol. The van der Waals surface area contributed by atoms with Crippen molar-refractivity contribution in [3.63, 3.8) is 0 Å². The number of alkyl halides is 3. The summed E-state index contributed by atoms with van der Waals surface area (Å²) in [7, 11) is 0. The first kappa shape index (κ1) is 15.2. The number of rotatable bonds is 2. The van der Waals surface area contributed by atoms with E-state index in [0.717, 1.165) is 13.8 Å². The number of aromatic nitrogens is 1. The van der Waals surface area contributed by atoms with Crippen molar-refractivity contribution in [1.82, 2.24) is 4.98 Å². The van der Waals surface area contributed by atoms with E-state index >= 15 is 0 Å². The minimum atomic E-state index is -4.68. The molecule has 2 N–H and O–H groups in total. The molecule has 1 heterocycles. The highest BCUT2D eigenvalue weighted by molar-refractivity contribution is 14.1. The highest BCUT2D eigenvalue weighted by Gasteiger charge is 2.54. The first-order chi connectivity index (χ1) is 8.07. The maximum Gasteiger partial charge on any atom is 0.402 e. The Morgan fingerprint density at radius 1 is 1.44 bits per heavy atom. The van der Waals surface area contributed by atoms with Crippen molar-refractivity contribution in [2.24, 2.45) is 11.3 Å². The molecule has 0 spiro atoms. The van der Waals surface area contributed by atoms with Gasteiger partial charge in [0.2, 0.25) is 0 Å². The number of pyridine rings is 1. The Morgan fingerprint density at radius 3 is 2.44 bits per heavy atom. The van der Waals surface area contributed by atoms with Crippen molar-refractivity contribution in [1.29, 1.82) is 0 Å². The van der Waals surface area contributed by atoms with Crippen LogP contribution in [0.2, 0.25) is 0 Å². The van der Waals surface area contributed by atoms with Gasteiger partial charge in [-0.2, -0.15) is 13.2 Å². The SMILES string of the molecule is CC(C)(C(=O)N(N)c1cc(I)ccn1)C(F)(F)F. The molecule has 0 radical (unpaired) electrons. The lowest BCUT2D eigenvalue weighted by molar-refractivity contribution is -0.209. The van der Waals surface area contributed by atoms with Crippen molar-refractivity contribution in [3.8, 4) is 0 Å². The number of hydrogen-bond donors (Lipinski definition) is 1. The number of carbonyl (C=O) groups excluding carboxylic acids is 1. The molecule has 0 unspecified atom stereocenters. The zero-order chi connectivity index (χ0) is 14.1. The Labute approximate surface area is 115 Å². The summed E-state index contributed by atoms with van der Waals surface area (Å²) in [5, 5.41) is 0.426. The van der Waals surface area contributed by atoms with Crippen LogP contribution in [-0.2, 0) is 4.79 Å². The summed E-state index contributed by atoms with van der Waals surface area (Å²) in [5.41, 5.74) is -2.56. The molecule has 18 heavy (non-hydrogen) atoms. The van der Waals surface area contributed by atoms with Crippen molar-refractivity contribution in [3.05, 3.63) is 21.9 Å². The Balaban J connectivity index is 3.05. The molecule has 0 aromatic carbocycles. The molecule has 1 aromatic rings. The molecule has 1 amide bonds. The molecule has 0 aliphatic rings. The van der Waals surface area contributed by atoms with E-state index in [1.165, 1.54) is 12.3 Å². The highest BCUT2D eigenvalue weighted by atomic mass is 127. The van der Waals surface area contributed by atoms with E-state index in [1.807, 2.05) is 22.6 Å². The smallest absolute Gasteiger partial charge is 0.272 e. The number of hydrogen-bond acceptors (Lipinski definition) is 3. The number of nitrogens with zero attached hydrogens (tertiary/aromatic N) is 2. The number of anilines is 1. The molecule has 4 nitrogen and oxygen atoms in total. The van der Waals surface area contributed by atoms with Crippen molar-refractivity contribution >= 4 is 34.3 Å². The maximum atomic E-state index is 12.7. The third kappa shape index (κ3) is 2.91. The summed E-state index contributed by atoms with van der Waals surface area (Å²) in [6, 6.07) is 3.06. The fourth-order valence-electron chi connectivity index (χ4n) is 1.05. The highest BCUT2D eigenvalue weighted by Crippen LogP contribution is 2.39. The van der Waals surface area contributed by atoms with Crippen LogP contribution in [0.3, 0.4) is 0 Å². The topological polar surface area (TPSA) is 59.2 Å². The fourth-order valence-corrected chi connectivity index (χ4v) is 1.49. The molecule has 0 fully saturated rings. The minimum Gasteiger partial charge on any atom is -0.272 e. The fraction of sp³-hybridized carbons (Fsp3) is 0.400. The third-order valence-corrected chi connectivity index (χ3v) is 3.09. The van der Waals surface area contributed by atoms with Gasteiger partial charge in [-0.25, -0.2) is 15.8 Å². The van der Waals surface area contributed by atoms with Crippen LogP contribution in [0.15, 0.2) is 18.3 Å². The molecule has 100 valence electrons. The monoisotopic (exact) mass is 373 g/mol. The summed E-state index contributed by atoms with van der Waals surface area (Å²) in [6.07, 6.45) is -3.31. The lowest BCUT2D eigenvalue weighted by Crippen LogP contribution is -2.52. The molecule has 0 aliphatic heterocycles. The number of nitrogens with two attached hydrogens (primary N) is 1. The summed E-state index contributed by atoms with van der Waals surface area (Å²) >= 11 is 1.94. The second kappa shape index (κ2) is 5.00. The summed E-state index contributed by atoms with van der Waals surface area (Å²) in [6.45, 7) is 1.56. The van der Waals surface area contributed by atoms with E-state index in [2.05, 4.69) is 4.98 Å². The largest absolute Gasteiger partial charge is 0.402 e. The Kier molecular flexibility index (Phi) is 4.21. The second-order valence-corrected chi connectivity index (χ2v) is 5.38. The zero-order valence-corrected chi connectivity index (χ0v) is 11.8. The number of halogens is 4. The van der Waals surface area contributed by atoms with Crippen LogP contribution in [0.4, 0.5) is 19.0 Å². The van der Waals surface area contributed by atoms with Gasteiger partial charge in [-0.05, 0) is 48.6 Å². The van der Waals surface area contributed by atoms with Crippen molar-refractivity contribution in [2.75, 3.05) is 5.01 Å². The van der Waals surface area contributed by atoms with E-state index in [4.69, 9.17) is 5.84 Å². The van der Waals surface area contributed by atoms with Crippen molar-refractivity contribution in [2.45, 2.75) is 20.0 Å². The first-order valence-electron chi connectivity index (χ1n) is 4.85. The number of amides is 1. The molecule has 0 saturated heterocycles. The molecule has 1 rings (SSSR count). The Morgan fingerprint density at radius 2 is 2.00 bits per heavy atom. The third-order valence-electron chi connectivity index (χ3n) is 2.42. The van der Waals surface area contributed by atoms with Crippen LogP contribution in [-0.4, -0.2) is 17.1 Å². The van der Waals surface area contributed by atoms with Gasteiger partial charge < -0.3 is 0 Å². The quantitative estimate of drug-likeness (QED) is 0.375. The van der Waals surface area contributed by atoms with E-state index in [9.17, 15) is 18.0 Å². The normalized spacial score (nSPS) is 12.4. The van der Waals surface area contributed by atoms with Crippen LogP contribution in [0.5, 0.6) is 0 Å². The molecule has 1 aromatic heterocycles. The standard InChI is InChI=1S/C10H11F3IN3O/c1-9(2,10(11,12)13)8(18)17(15)7-5-6(14)3-4-16-7/h3-5H,15H2,1-2H3. The second-order valence-electron chi connectivity index (χ2n) is 4.13. The van der Waals surface area contributed by atoms with E-state index in [-0.39, 0.29) is 5.82 Å². The summed E-state index contributed by atoms with van der Waals surface area (Å²) in [4.78, 5) is 15.5. The van der Waals surface area contributed by atoms with Crippen LogP contribution in [0.25, 0.3) is 0 Å². The van der Waals surface area contributed by atoms with Gasteiger partial charge in [0.1, 0.15) is 5.41 Å². The van der Waals surface area contributed by atoms with Gasteiger partial charge >= 0.3 is 6.18 Å². The molecule has 0 saturated carbocycles. The summed E-state index contributed by atoms with van der Waals surface area (Å²) < 4.78 is 38.9. The lowest BCUT2D eigenvalue weighted by Gasteiger charge is -2.30. The van der Waals surface area contributed by atoms with Gasteiger partial charge in [0.25, 0.3) is 5.91 Å². The summed E-state index contributed by atoms with van der Waals surface area (Å²) in [5.74, 6) is 4.12. The molecule has 0 atom stereocenters. The molecule has 0 bridgehead atoms. The van der Waals surface area contributed by atoms with Gasteiger partial charge in [0.05, 0.1) is 0 Å². The number of carbonyl (C=O) groups is 1. The van der Waals surface area contributed by atoms with Crippen LogP contribution in [0.1, 0.15) is 13.8 Å². The average molecular weight is 373 g/mol. The molecule has 8 heteroatoms. The lowest BCUT2D eigenvalue weighted by atomic mass is 9.91. The molecular formula is C10H11F3IN3O. The molecule has 0 aliphatic carbocycles. The first-order valence-corrected chi connectivity index (χ1v) is 5.93. The van der Waals surface area contributed by atoms with Gasteiger partial charge in [-0.1, -0.05) is 0 Å². The minimum absolute atomic E-state index is 0.0239. The zero-order valence-electron chi connectivity index (χ0n) is 9.62. The number of hydrazine groups is 1.